The van der Waals surface area contributed by atoms with Gasteiger partial charge in [-0.2, -0.15) is 0 Å². The van der Waals surface area contributed by atoms with Crippen molar-refractivity contribution in [3.63, 3.8) is 0 Å². The van der Waals surface area contributed by atoms with Gasteiger partial charge < -0.3 is 34.1 Å². The Morgan fingerprint density at radius 1 is 0.556 bits per heavy atom. The Labute approximate surface area is 333 Å². The third-order valence-electron chi connectivity index (χ3n) is 9.97. The highest BCUT2D eigenvalue weighted by Gasteiger charge is 2.21. The minimum Gasteiger partial charge on any atom is -0.466 e. The molecule has 322 valence electrons. The highest BCUT2D eigenvalue weighted by atomic mass is 16.6. The molecule has 9 heteroatoms. The molecule has 0 aliphatic carbocycles. The Morgan fingerprint density at radius 2 is 1.02 bits per heavy atom. The monoisotopic (exact) mass is 772 g/mol. The summed E-state index contributed by atoms with van der Waals surface area (Å²) in [7, 11) is 0. The fourth-order valence-electron chi connectivity index (χ4n) is 6.22. The van der Waals surface area contributed by atoms with Gasteiger partial charge in [-0.25, -0.2) is 4.79 Å². The molecule has 0 fully saturated rings. The lowest BCUT2D eigenvalue weighted by Crippen LogP contribution is -2.33. The molecule has 0 unspecified atom stereocenters. The van der Waals surface area contributed by atoms with Gasteiger partial charge in [-0.3, -0.25) is 4.79 Å². The first-order valence-corrected chi connectivity index (χ1v) is 22.6. The maximum Gasteiger partial charge on any atom is 0.407 e. The van der Waals surface area contributed by atoms with Gasteiger partial charge in [0.2, 0.25) is 0 Å². The molecule has 9 nitrogen and oxygen atoms in total. The number of carbonyl (C=O) groups excluding carboxylic acids is 2. The number of amides is 1. The van der Waals surface area contributed by atoms with E-state index in [0.717, 1.165) is 19.3 Å². The van der Waals surface area contributed by atoms with E-state index in [2.05, 4.69) is 19.2 Å². The number of alkyl carbamates (subject to hydrolysis) is 1. The van der Waals surface area contributed by atoms with Crippen molar-refractivity contribution in [2.75, 3.05) is 46.2 Å². The van der Waals surface area contributed by atoms with Crippen molar-refractivity contribution >= 4 is 12.1 Å². The summed E-state index contributed by atoms with van der Waals surface area (Å²) >= 11 is 0. The van der Waals surface area contributed by atoms with E-state index >= 15 is 0 Å². The van der Waals surface area contributed by atoms with Crippen LogP contribution in [-0.2, 0) is 28.5 Å². The lowest BCUT2D eigenvalue weighted by Gasteiger charge is -2.27. The second kappa shape index (κ2) is 37.2. The van der Waals surface area contributed by atoms with Gasteiger partial charge in [-0.05, 0) is 47.0 Å². The largest absolute Gasteiger partial charge is 0.466 e. The van der Waals surface area contributed by atoms with E-state index in [-0.39, 0.29) is 32.3 Å². The molecule has 0 saturated carbocycles. The van der Waals surface area contributed by atoms with Gasteiger partial charge in [0.1, 0.15) is 12.7 Å². The van der Waals surface area contributed by atoms with Gasteiger partial charge in [-0.15, -0.1) is 0 Å². The third kappa shape index (κ3) is 40.2. The van der Waals surface area contributed by atoms with Crippen molar-refractivity contribution in [2.45, 2.75) is 232 Å². The molecule has 0 heterocycles. The van der Waals surface area contributed by atoms with Crippen LogP contribution in [0.1, 0.15) is 215 Å². The fraction of sp³-hybridized carbons (Fsp3) is 0.956. The fourth-order valence-corrected chi connectivity index (χ4v) is 6.22. The summed E-state index contributed by atoms with van der Waals surface area (Å²) in [4.78, 5) is 24.6. The zero-order valence-electron chi connectivity index (χ0n) is 36.4. The first-order valence-electron chi connectivity index (χ1n) is 22.6. The van der Waals surface area contributed by atoms with Crippen LogP contribution in [0.15, 0.2) is 0 Å². The van der Waals surface area contributed by atoms with E-state index in [1.54, 1.807) is 13.8 Å². The third-order valence-corrected chi connectivity index (χ3v) is 9.97. The summed E-state index contributed by atoms with van der Waals surface area (Å²) in [6.45, 7) is 14.5. The molecule has 0 radical (unpaired) electrons. The number of hydrogen-bond donors (Lipinski definition) is 2. The number of hydrogen-bond acceptors (Lipinski definition) is 8. The predicted octanol–water partition coefficient (Wildman–Crippen LogP) is 11.8. The van der Waals surface area contributed by atoms with Crippen molar-refractivity contribution in [1.29, 1.82) is 0 Å². The molecule has 0 aliphatic heterocycles. The number of unbranched alkanes of at least 4 members (excludes halogenated alkanes) is 22. The minimum absolute atomic E-state index is 0.0517. The summed E-state index contributed by atoms with van der Waals surface area (Å²) in [5.41, 5.74) is -1.26. The Hall–Kier alpha value is -1.42. The molecule has 0 aromatic carbocycles. The number of ether oxygens (including phenoxy) is 5. The molecular weight excluding hydrogens is 682 g/mol. The smallest absolute Gasteiger partial charge is 0.407 e. The Balaban J connectivity index is 4.30. The number of nitrogens with one attached hydrogen (secondary N) is 1. The number of aliphatic hydroxyl groups is 1. The number of carbonyl (C=O) groups is 2. The topological polar surface area (TPSA) is 113 Å². The highest BCUT2D eigenvalue weighted by Crippen LogP contribution is 2.18. The van der Waals surface area contributed by atoms with Crippen LogP contribution in [0.3, 0.4) is 0 Å². The molecule has 0 rings (SSSR count). The van der Waals surface area contributed by atoms with E-state index in [4.69, 9.17) is 23.7 Å². The molecule has 2 N–H and O–H groups in total. The molecule has 1 amide bonds. The van der Waals surface area contributed by atoms with Crippen LogP contribution in [0.4, 0.5) is 4.79 Å². The molecule has 0 saturated heterocycles. The zero-order valence-corrected chi connectivity index (χ0v) is 36.4. The quantitative estimate of drug-likeness (QED) is 0.0467. The van der Waals surface area contributed by atoms with Crippen molar-refractivity contribution in [1.82, 2.24) is 5.32 Å². The molecule has 0 aromatic rings. The summed E-state index contributed by atoms with van der Waals surface area (Å²) in [6, 6.07) is 0. The maximum absolute atomic E-state index is 12.4. The second-order valence-electron chi connectivity index (χ2n) is 16.8. The summed E-state index contributed by atoms with van der Waals surface area (Å²) in [6.07, 6.45) is 31.4. The lowest BCUT2D eigenvalue weighted by atomic mass is 10.0. The Kier molecular flexibility index (Phi) is 36.2. The maximum atomic E-state index is 12.4. The van der Waals surface area contributed by atoms with Gasteiger partial charge in [0, 0.05) is 26.2 Å². The Morgan fingerprint density at radius 3 is 1.50 bits per heavy atom. The molecule has 0 bridgehead atoms. The van der Waals surface area contributed by atoms with Crippen molar-refractivity contribution < 1.29 is 38.4 Å². The zero-order chi connectivity index (χ0) is 40.0. The van der Waals surface area contributed by atoms with E-state index in [1.165, 1.54) is 135 Å². The Bertz CT molecular complexity index is 831. The van der Waals surface area contributed by atoms with Crippen LogP contribution in [0, 0.1) is 0 Å². The van der Waals surface area contributed by atoms with Crippen LogP contribution in [0.5, 0.6) is 0 Å². The van der Waals surface area contributed by atoms with Crippen molar-refractivity contribution in [2.24, 2.45) is 0 Å². The van der Waals surface area contributed by atoms with E-state index in [9.17, 15) is 14.7 Å². The average molecular weight is 772 g/mol. The first kappa shape index (κ1) is 52.6. The molecule has 0 aromatic heterocycles. The standard InChI is InChI=1S/C45H89NO8/c1-7-9-11-13-15-17-19-21-23-25-27-29-35-50-39-41(51-36-30-28-26-24-22-20-18-16-14-12-10-8-2)40-53-43(48)46-34-31-42(47)52-37-33-45(5,6)54-38-32-44(3,4)49/h41,49H,7-40H2,1-6H3,(H,46,48)/t41-/m1/s1. The van der Waals surface area contributed by atoms with Crippen LogP contribution in [0.25, 0.3) is 0 Å². The van der Waals surface area contributed by atoms with Gasteiger partial charge in [-0.1, -0.05) is 155 Å². The average Bonchev–Trinajstić information content (AvgIpc) is 3.11. The normalized spacial score (nSPS) is 12.6. The SMILES string of the molecule is CCCCCCCCCCCCCCOC[C@H](COC(=O)NCCC(=O)OCCC(C)(C)OCCC(C)(C)O)OCCCCCCCCCCCCCC. The van der Waals surface area contributed by atoms with Gasteiger partial charge in [0.05, 0.1) is 37.4 Å². The van der Waals surface area contributed by atoms with Gasteiger partial charge in [0.15, 0.2) is 0 Å². The predicted molar refractivity (Wildman–Crippen MR) is 223 cm³/mol. The lowest BCUT2D eigenvalue weighted by molar-refractivity contribution is -0.145. The van der Waals surface area contributed by atoms with E-state index in [1.807, 2.05) is 13.8 Å². The molecule has 0 spiro atoms. The molecule has 54 heavy (non-hydrogen) atoms. The second-order valence-corrected chi connectivity index (χ2v) is 16.8. The van der Waals surface area contributed by atoms with Crippen molar-refractivity contribution in [3.8, 4) is 0 Å². The van der Waals surface area contributed by atoms with Crippen LogP contribution in [0.2, 0.25) is 0 Å². The van der Waals surface area contributed by atoms with E-state index in [0.29, 0.717) is 39.3 Å². The first-order chi connectivity index (χ1) is 26.0. The van der Waals surface area contributed by atoms with Crippen LogP contribution in [-0.4, -0.2) is 80.7 Å². The minimum atomic E-state index is -0.782. The van der Waals surface area contributed by atoms with Crippen LogP contribution < -0.4 is 5.32 Å². The van der Waals surface area contributed by atoms with Crippen molar-refractivity contribution in [3.05, 3.63) is 0 Å². The molecule has 0 aliphatic rings. The van der Waals surface area contributed by atoms with Crippen LogP contribution >= 0.6 is 0 Å². The highest BCUT2D eigenvalue weighted by molar-refractivity contribution is 5.71. The number of esters is 1. The van der Waals surface area contributed by atoms with Gasteiger partial charge >= 0.3 is 12.1 Å². The molecular formula is C45H89NO8. The summed E-state index contributed by atoms with van der Waals surface area (Å²) in [5, 5.41) is 12.5. The number of rotatable bonds is 41. The molecule has 1 atom stereocenters. The summed E-state index contributed by atoms with van der Waals surface area (Å²) < 4.78 is 28.7. The van der Waals surface area contributed by atoms with Gasteiger partial charge in [0.25, 0.3) is 0 Å². The summed E-state index contributed by atoms with van der Waals surface area (Å²) in [5.74, 6) is -0.391. The van der Waals surface area contributed by atoms with E-state index < -0.39 is 23.3 Å².